The lowest BCUT2D eigenvalue weighted by Crippen LogP contribution is -2.44. The van der Waals surface area contributed by atoms with Crippen molar-refractivity contribution in [3.63, 3.8) is 0 Å². The Hall–Kier alpha value is -1.33. The fourth-order valence-electron chi connectivity index (χ4n) is 1.82. The van der Waals surface area contributed by atoms with E-state index in [1.807, 2.05) is 11.8 Å². The second kappa shape index (κ2) is 4.89. The number of halogens is 1. The van der Waals surface area contributed by atoms with Crippen LogP contribution in [0.1, 0.15) is 17.3 Å². The molecule has 1 fully saturated rings. The number of morpholine rings is 1. The number of rotatable bonds is 2. The maximum absolute atomic E-state index is 10.9. The van der Waals surface area contributed by atoms with Crippen molar-refractivity contribution in [1.82, 2.24) is 4.98 Å². The Bertz CT molecular complexity index is 439. The van der Waals surface area contributed by atoms with Gasteiger partial charge < -0.3 is 14.7 Å². The minimum Gasteiger partial charge on any atom is -0.478 e. The van der Waals surface area contributed by atoms with Gasteiger partial charge in [-0.05, 0) is 19.1 Å². The van der Waals surface area contributed by atoms with Gasteiger partial charge in [-0.3, -0.25) is 0 Å². The summed E-state index contributed by atoms with van der Waals surface area (Å²) in [5.41, 5.74) is 0.152. The molecule has 1 N–H and O–H groups in total. The number of pyridine rings is 1. The van der Waals surface area contributed by atoms with Gasteiger partial charge in [-0.1, -0.05) is 11.6 Å². The van der Waals surface area contributed by atoms with Gasteiger partial charge in [0, 0.05) is 6.54 Å². The van der Waals surface area contributed by atoms with E-state index in [0.29, 0.717) is 25.6 Å². The summed E-state index contributed by atoms with van der Waals surface area (Å²) in [5.74, 6) is -0.415. The van der Waals surface area contributed by atoms with E-state index in [4.69, 9.17) is 21.4 Å². The van der Waals surface area contributed by atoms with Crippen LogP contribution < -0.4 is 4.90 Å². The zero-order chi connectivity index (χ0) is 12.4. The Morgan fingerprint density at radius 3 is 3.06 bits per heavy atom. The lowest BCUT2D eigenvalue weighted by molar-refractivity contribution is 0.0696. The molecule has 1 aliphatic rings. The van der Waals surface area contributed by atoms with Crippen molar-refractivity contribution >= 4 is 23.4 Å². The summed E-state index contributed by atoms with van der Waals surface area (Å²) < 4.78 is 5.32. The summed E-state index contributed by atoms with van der Waals surface area (Å²) in [6.45, 7) is 3.91. The molecule has 0 bridgehead atoms. The molecule has 0 radical (unpaired) electrons. The number of carboxylic acid groups (broad SMARTS) is 1. The van der Waals surface area contributed by atoms with Crippen LogP contribution in [0.15, 0.2) is 12.1 Å². The van der Waals surface area contributed by atoms with Crippen LogP contribution in [0.4, 0.5) is 5.82 Å². The normalized spacial score (nSPS) is 20.4. The Kier molecular flexibility index (Phi) is 3.49. The first-order valence-electron chi connectivity index (χ1n) is 5.33. The number of aromatic carboxylic acids is 1. The summed E-state index contributed by atoms with van der Waals surface area (Å²) in [7, 11) is 0. The molecule has 1 atom stereocenters. The van der Waals surface area contributed by atoms with E-state index in [1.54, 1.807) is 0 Å². The molecule has 6 heteroatoms. The molecule has 92 valence electrons. The average Bonchev–Trinajstić information content (AvgIpc) is 2.28. The van der Waals surface area contributed by atoms with E-state index >= 15 is 0 Å². The van der Waals surface area contributed by atoms with Crippen LogP contribution in [0.2, 0.25) is 5.15 Å². The van der Waals surface area contributed by atoms with E-state index in [2.05, 4.69) is 4.98 Å². The van der Waals surface area contributed by atoms with Crippen LogP contribution in [-0.2, 0) is 4.74 Å². The Balaban J connectivity index is 2.33. The van der Waals surface area contributed by atoms with E-state index in [-0.39, 0.29) is 16.8 Å². The standard InChI is InChI=1S/C11H13ClN2O3/c1-7-6-17-3-2-14(7)10-5-8(11(15)16)4-9(12)13-10/h4-5,7H,2-3,6H2,1H3,(H,15,16). The molecule has 17 heavy (non-hydrogen) atoms. The van der Waals surface area contributed by atoms with E-state index in [0.717, 1.165) is 0 Å². The van der Waals surface area contributed by atoms with Crippen molar-refractivity contribution in [1.29, 1.82) is 0 Å². The van der Waals surface area contributed by atoms with Crippen LogP contribution in [0.25, 0.3) is 0 Å². The molecule has 5 nitrogen and oxygen atoms in total. The van der Waals surface area contributed by atoms with Gasteiger partial charge in [-0.2, -0.15) is 0 Å². The summed E-state index contributed by atoms with van der Waals surface area (Å²) in [4.78, 5) is 17.1. The number of ether oxygens (including phenoxy) is 1. The first-order chi connectivity index (χ1) is 8.08. The number of nitrogens with zero attached hydrogens (tertiary/aromatic N) is 2. The monoisotopic (exact) mass is 256 g/mol. The molecule has 0 amide bonds. The lowest BCUT2D eigenvalue weighted by atomic mass is 10.2. The Morgan fingerprint density at radius 1 is 1.65 bits per heavy atom. The average molecular weight is 257 g/mol. The number of hydrogen-bond acceptors (Lipinski definition) is 4. The van der Waals surface area contributed by atoms with Crippen molar-refractivity contribution < 1.29 is 14.6 Å². The van der Waals surface area contributed by atoms with Crippen molar-refractivity contribution in [2.75, 3.05) is 24.7 Å². The molecule has 0 aromatic carbocycles. The zero-order valence-corrected chi connectivity index (χ0v) is 10.1. The Morgan fingerprint density at radius 2 is 2.41 bits per heavy atom. The number of aromatic nitrogens is 1. The largest absolute Gasteiger partial charge is 0.478 e. The maximum Gasteiger partial charge on any atom is 0.335 e. The fourth-order valence-corrected chi connectivity index (χ4v) is 2.03. The van der Waals surface area contributed by atoms with E-state index < -0.39 is 5.97 Å². The van der Waals surface area contributed by atoms with Gasteiger partial charge in [0.1, 0.15) is 11.0 Å². The number of anilines is 1. The maximum atomic E-state index is 10.9. The van der Waals surface area contributed by atoms with Crippen molar-refractivity contribution in [2.24, 2.45) is 0 Å². The molecule has 0 spiro atoms. The molecule has 0 saturated carbocycles. The summed E-state index contributed by atoms with van der Waals surface area (Å²) >= 11 is 5.83. The first kappa shape index (κ1) is 12.1. The van der Waals surface area contributed by atoms with Crippen LogP contribution in [0, 0.1) is 0 Å². The second-order valence-electron chi connectivity index (χ2n) is 3.96. The molecule has 2 rings (SSSR count). The predicted octanol–water partition coefficient (Wildman–Crippen LogP) is 1.66. The minimum atomic E-state index is -1.00. The highest BCUT2D eigenvalue weighted by Gasteiger charge is 2.21. The van der Waals surface area contributed by atoms with Gasteiger partial charge in [0.05, 0.1) is 24.8 Å². The zero-order valence-electron chi connectivity index (χ0n) is 9.39. The summed E-state index contributed by atoms with van der Waals surface area (Å²) in [6, 6.07) is 3.05. The predicted molar refractivity (Wildman–Crippen MR) is 63.8 cm³/mol. The van der Waals surface area contributed by atoms with Crippen LogP contribution in [0.3, 0.4) is 0 Å². The van der Waals surface area contributed by atoms with Crippen LogP contribution >= 0.6 is 11.6 Å². The summed E-state index contributed by atoms with van der Waals surface area (Å²) in [5, 5.41) is 9.16. The van der Waals surface area contributed by atoms with Gasteiger partial charge in [0.15, 0.2) is 0 Å². The third kappa shape index (κ3) is 2.68. The molecule has 0 aliphatic carbocycles. The quantitative estimate of drug-likeness (QED) is 0.816. The highest BCUT2D eigenvalue weighted by atomic mass is 35.5. The van der Waals surface area contributed by atoms with Gasteiger partial charge in [0.2, 0.25) is 0 Å². The van der Waals surface area contributed by atoms with Gasteiger partial charge in [0.25, 0.3) is 0 Å². The van der Waals surface area contributed by atoms with E-state index in [9.17, 15) is 4.79 Å². The number of carbonyl (C=O) groups is 1. The lowest BCUT2D eigenvalue weighted by Gasteiger charge is -2.34. The topological polar surface area (TPSA) is 62.7 Å². The molecule has 1 aliphatic heterocycles. The first-order valence-corrected chi connectivity index (χ1v) is 5.71. The highest BCUT2D eigenvalue weighted by molar-refractivity contribution is 6.29. The highest BCUT2D eigenvalue weighted by Crippen LogP contribution is 2.21. The summed E-state index contributed by atoms with van der Waals surface area (Å²) in [6.07, 6.45) is 0. The van der Waals surface area contributed by atoms with Gasteiger partial charge in [-0.25, -0.2) is 9.78 Å². The number of carboxylic acids is 1. The fraction of sp³-hybridized carbons (Fsp3) is 0.455. The van der Waals surface area contributed by atoms with Crippen LogP contribution in [0.5, 0.6) is 0 Å². The SMILES string of the molecule is CC1COCCN1c1cc(C(=O)O)cc(Cl)n1. The molecular formula is C11H13ClN2O3. The number of hydrogen-bond donors (Lipinski definition) is 1. The van der Waals surface area contributed by atoms with Gasteiger partial charge >= 0.3 is 5.97 Å². The molecule has 1 saturated heterocycles. The molecule has 2 heterocycles. The van der Waals surface area contributed by atoms with Crippen molar-refractivity contribution in [3.05, 3.63) is 22.8 Å². The minimum absolute atomic E-state index is 0.152. The third-order valence-electron chi connectivity index (χ3n) is 2.69. The van der Waals surface area contributed by atoms with Crippen molar-refractivity contribution in [2.45, 2.75) is 13.0 Å². The van der Waals surface area contributed by atoms with Crippen LogP contribution in [-0.4, -0.2) is 41.9 Å². The molecule has 1 aromatic rings. The van der Waals surface area contributed by atoms with Gasteiger partial charge in [-0.15, -0.1) is 0 Å². The van der Waals surface area contributed by atoms with E-state index in [1.165, 1.54) is 12.1 Å². The van der Waals surface area contributed by atoms with Crippen molar-refractivity contribution in [3.8, 4) is 0 Å². The molecule has 1 unspecified atom stereocenters. The molecule has 1 aromatic heterocycles. The molecular weight excluding hydrogens is 244 g/mol. The Labute approximate surface area is 104 Å². The second-order valence-corrected chi connectivity index (χ2v) is 4.35. The third-order valence-corrected chi connectivity index (χ3v) is 2.88. The smallest absolute Gasteiger partial charge is 0.335 e.